The molecule has 1 aromatic rings. The molecule has 2 rings (SSSR count). The summed E-state index contributed by atoms with van der Waals surface area (Å²) in [4.78, 5) is 24.8. The van der Waals surface area contributed by atoms with Gasteiger partial charge in [-0.15, -0.1) is 0 Å². The number of piperidine rings is 1. The van der Waals surface area contributed by atoms with Gasteiger partial charge < -0.3 is 10.0 Å². The van der Waals surface area contributed by atoms with Gasteiger partial charge in [0.15, 0.2) is 0 Å². The quantitative estimate of drug-likeness (QED) is 0.896. The Morgan fingerprint density at radius 3 is 2.39 bits per heavy atom. The van der Waals surface area contributed by atoms with Crippen molar-refractivity contribution in [3.63, 3.8) is 0 Å². The van der Waals surface area contributed by atoms with Crippen molar-refractivity contribution in [2.24, 2.45) is 0 Å². The molecule has 1 amide bonds. The van der Waals surface area contributed by atoms with Crippen molar-refractivity contribution in [2.45, 2.75) is 19.3 Å². The minimum absolute atomic E-state index is 0.0202. The van der Waals surface area contributed by atoms with Gasteiger partial charge in [-0.1, -0.05) is 11.6 Å². The number of likely N-dealkylation sites (tertiary alicyclic amines) is 1. The topological polar surface area (TPSA) is 57.6 Å². The van der Waals surface area contributed by atoms with E-state index in [2.05, 4.69) is 0 Å². The van der Waals surface area contributed by atoms with Gasteiger partial charge in [0, 0.05) is 18.7 Å². The first kappa shape index (κ1) is 12.9. The van der Waals surface area contributed by atoms with E-state index in [1.54, 1.807) is 4.90 Å². The Kier molecular flexibility index (Phi) is 3.87. The molecule has 0 unspecified atom stereocenters. The molecule has 0 saturated carbocycles. The predicted octanol–water partition coefficient (Wildman–Crippen LogP) is 2.66. The van der Waals surface area contributed by atoms with Crippen LogP contribution in [0, 0.1) is 0 Å². The minimum atomic E-state index is -1.09. The molecule has 18 heavy (non-hydrogen) atoms. The molecular formula is C13H14ClNO3. The van der Waals surface area contributed by atoms with E-state index in [9.17, 15) is 9.59 Å². The number of carboxylic acids is 1. The second-order valence-electron chi connectivity index (χ2n) is 4.35. The molecule has 0 aromatic heterocycles. The number of rotatable bonds is 2. The van der Waals surface area contributed by atoms with Gasteiger partial charge in [-0.3, -0.25) is 4.79 Å². The third-order valence-electron chi connectivity index (χ3n) is 3.09. The summed E-state index contributed by atoms with van der Waals surface area (Å²) in [5.74, 6) is -1.16. The Morgan fingerprint density at radius 1 is 1.17 bits per heavy atom. The molecule has 1 fully saturated rings. The first-order valence-corrected chi connectivity index (χ1v) is 6.29. The average Bonchev–Trinajstić information content (AvgIpc) is 2.38. The molecule has 4 nitrogen and oxygen atoms in total. The van der Waals surface area contributed by atoms with E-state index in [0.29, 0.717) is 5.56 Å². The van der Waals surface area contributed by atoms with Crippen LogP contribution in [0.5, 0.6) is 0 Å². The minimum Gasteiger partial charge on any atom is -0.478 e. The molecule has 96 valence electrons. The Balaban J connectivity index is 2.20. The summed E-state index contributed by atoms with van der Waals surface area (Å²) in [7, 11) is 0. The molecule has 0 spiro atoms. The van der Waals surface area contributed by atoms with E-state index in [4.69, 9.17) is 16.7 Å². The summed E-state index contributed by atoms with van der Waals surface area (Å²) in [5.41, 5.74) is 0.471. The maximum absolute atomic E-state index is 12.2. The number of carbonyl (C=O) groups excluding carboxylic acids is 1. The summed E-state index contributed by atoms with van der Waals surface area (Å²) in [5, 5.41) is 8.97. The molecule has 0 atom stereocenters. The number of hydrogen-bond acceptors (Lipinski definition) is 2. The zero-order valence-corrected chi connectivity index (χ0v) is 10.6. The Morgan fingerprint density at radius 2 is 1.83 bits per heavy atom. The largest absolute Gasteiger partial charge is 0.478 e. The molecule has 1 N–H and O–H groups in total. The lowest BCUT2D eigenvalue weighted by Gasteiger charge is -2.26. The van der Waals surface area contributed by atoms with Crippen LogP contribution in [0.2, 0.25) is 5.02 Å². The fourth-order valence-electron chi connectivity index (χ4n) is 2.10. The predicted molar refractivity (Wildman–Crippen MR) is 68.2 cm³/mol. The van der Waals surface area contributed by atoms with Crippen molar-refractivity contribution in [1.82, 2.24) is 4.90 Å². The van der Waals surface area contributed by atoms with Crippen molar-refractivity contribution >= 4 is 23.5 Å². The lowest BCUT2D eigenvalue weighted by atomic mass is 10.1. The first-order valence-electron chi connectivity index (χ1n) is 5.91. The summed E-state index contributed by atoms with van der Waals surface area (Å²) >= 11 is 5.86. The molecule has 1 aliphatic rings. The second-order valence-corrected chi connectivity index (χ2v) is 4.76. The van der Waals surface area contributed by atoms with Crippen LogP contribution >= 0.6 is 11.6 Å². The summed E-state index contributed by atoms with van der Waals surface area (Å²) in [6.07, 6.45) is 3.20. The summed E-state index contributed by atoms with van der Waals surface area (Å²) < 4.78 is 0. The fourth-order valence-corrected chi connectivity index (χ4v) is 2.36. The smallest absolute Gasteiger partial charge is 0.337 e. The van der Waals surface area contributed by atoms with Crippen LogP contribution in [0.1, 0.15) is 40.0 Å². The van der Waals surface area contributed by atoms with Gasteiger partial charge in [0.2, 0.25) is 0 Å². The lowest BCUT2D eigenvalue weighted by molar-refractivity contribution is 0.0691. The number of carbonyl (C=O) groups is 2. The monoisotopic (exact) mass is 267 g/mol. The average molecular weight is 268 g/mol. The number of nitrogens with zero attached hydrogens (tertiary/aromatic N) is 1. The zero-order valence-electron chi connectivity index (χ0n) is 9.86. The fraction of sp³-hybridized carbons (Fsp3) is 0.385. The van der Waals surface area contributed by atoms with E-state index in [1.165, 1.54) is 18.2 Å². The van der Waals surface area contributed by atoms with Gasteiger partial charge in [-0.05, 0) is 37.5 Å². The second kappa shape index (κ2) is 5.40. The maximum atomic E-state index is 12.2. The van der Waals surface area contributed by atoms with E-state index in [-0.39, 0.29) is 16.5 Å². The van der Waals surface area contributed by atoms with Crippen molar-refractivity contribution in [3.8, 4) is 0 Å². The summed E-state index contributed by atoms with van der Waals surface area (Å²) in [6, 6.07) is 4.33. The Hall–Kier alpha value is -1.55. The summed E-state index contributed by atoms with van der Waals surface area (Å²) in [6.45, 7) is 1.52. The van der Waals surface area contributed by atoms with Crippen LogP contribution in [-0.4, -0.2) is 35.0 Å². The van der Waals surface area contributed by atoms with Crippen LogP contribution in [0.3, 0.4) is 0 Å². The highest BCUT2D eigenvalue weighted by molar-refractivity contribution is 6.33. The number of halogens is 1. The molecule has 1 aromatic carbocycles. The van der Waals surface area contributed by atoms with Crippen molar-refractivity contribution in [1.29, 1.82) is 0 Å². The van der Waals surface area contributed by atoms with Crippen molar-refractivity contribution < 1.29 is 14.7 Å². The lowest BCUT2D eigenvalue weighted by Crippen LogP contribution is -2.35. The molecule has 5 heteroatoms. The third kappa shape index (κ3) is 2.64. The van der Waals surface area contributed by atoms with Gasteiger partial charge in [-0.2, -0.15) is 0 Å². The van der Waals surface area contributed by atoms with Gasteiger partial charge in [-0.25, -0.2) is 4.79 Å². The molecule has 1 saturated heterocycles. The zero-order chi connectivity index (χ0) is 13.1. The van der Waals surface area contributed by atoms with Gasteiger partial charge >= 0.3 is 5.97 Å². The van der Waals surface area contributed by atoms with Crippen LogP contribution in [-0.2, 0) is 0 Å². The van der Waals surface area contributed by atoms with Gasteiger partial charge in [0.05, 0.1) is 10.6 Å². The number of benzene rings is 1. The molecular weight excluding hydrogens is 254 g/mol. The Bertz CT molecular complexity index is 481. The van der Waals surface area contributed by atoms with Crippen LogP contribution in [0.15, 0.2) is 18.2 Å². The highest BCUT2D eigenvalue weighted by atomic mass is 35.5. The van der Waals surface area contributed by atoms with Crippen molar-refractivity contribution in [3.05, 3.63) is 34.3 Å². The Labute approximate surface area is 110 Å². The highest BCUT2D eigenvalue weighted by Crippen LogP contribution is 2.20. The van der Waals surface area contributed by atoms with Gasteiger partial charge in [0.25, 0.3) is 5.91 Å². The molecule has 1 heterocycles. The SMILES string of the molecule is O=C(O)c1ccc(C(=O)N2CCCCC2)cc1Cl. The normalized spacial score (nSPS) is 15.5. The number of carboxylic acid groups (broad SMARTS) is 1. The standard InChI is InChI=1S/C13H14ClNO3/c14-11-8-9(4-5-10(11)13(17)18)12(16)15-6-2-1-3-7-15/h4-5,8H,1-3,6-7H2,(H,17,18). The first-order chi connectivity index (χ1) is 8.59. The number of hydrogen-bond donors (Lipinski definition) is 1. The van der Waals surface area contributed by atoms with Gasteiger partial charge in [0.1, 0.15) is 0 Å². The molecule has 0 bridgehead atoms. The third-order valence-corrected chi connectivity index (χ3v) is 3.40. The van der Waals surface area contributed by atoms with Crippen LogP contribution < -0.4 is 0 Å². The molecule has 0 aliphatic carbocycles. The molecule has 1 aliphatic heterocycles. The van der Waals surface area contributed by atoms with E-state index in [0.717, 1.165) is 32.4 Å². The van der Waals surface area contributed by atoms with E-state index >= 15 is 0 Å². The van der Waals surface area contributed by atoms with E-state index < -0.39 is 5.97 Å². The highest BCUT2D eigenvalue weighted by Gasteiger charge is 2.19. The van der Waals surface area contributed by atoms with Crippen LogP contribution in [0.4, 0.5) is 0 Å². The number of aromatic carboxylic acids is 1. The molecule has 0 radical (unpaired) electrons. The number of amides is 1. The maximum Gasteiger partial charge on any atom is 0.337 e. The van der Waals surface area contributed by atoms with Crippen molar-refractivity contribution in [2.75, 3.05) is 13.1 Å². The van der Waals surface area contributed by atoms with Crippen LogP contribution in [0.25, 0.3) is 0 Å². The van der Waals surface area contributed by atoms with E-state index in [1.807, 2.05) is 0 Å².